The van der Waals surface area contributed by atoms with E-state index in [9.17, 15) is 4.39 Å². The van der Waals surface area contributed by atoms with Crippen molar-refractivity contribution in [2.45, 2.75) is 25.4 Å². The summed E-state index contributed by atoms with van der Waals surface area (Å²) in [5.74, 6) is 0.405. The number of likely N-dealkylation sites (tertiary alicyclic amines) is 1. The zero-order valence-electron chi connectivity index (χ0n) is 12.1. The van der Waals surface area contributed by atoms with Crippen LogP contribution in [-0.2, 0) is 13.1 Å². The Kier molecular flexibility index (Phi) is 4.32. The van der Waals surface area contributed by atoms with Crippen LogP contribution in [0.25, 0.3) is 0 Å². The Labute approximate surface area is 125 Å². The molecule has 3 rings (SSSR count). The van der Waals surface area contributed by atoms with Gasteiger partial charge in [-0.1, -0.05) is 36.4 Å². The maximum Gasteiger partial charge on any atom is 0.123 e. The molecule has 0 spiro atoms. The molecule has 0 saturated carbocycles. The quantitative estimate of drug-likeness (QED) is 0.933. The van der Waals surface area contributed by atoms with Crippen molar-refractivity contribution in [1.82, 2.24) is 4.90 Å². The fraction of sp³-hybridized carbons (Fsp3) is 0.333. The van der Waals surface area contributed by atoms with Gasteiger partial charge in [0.2, 0.25) is 0 Å². The minimum Gasteiger partial charge on any atom is -0.326 e. The molecule has 2 nitrogen and oxygen atoms in total. The Morgan fingerprint density at radius 3 is 2.67 bits per heavy atom. The van der Waals surface area contributed by atoms with Crippen LogP contribution in [0.5, 0.6) is 0 Å². The second-order valence-corrected chi connectivity index (χ2v) is 5.75. The lowest BCUT2D eigenvalue weighted by molar-refractivity contribution is 0.325. The Bertz CT molecular complexity index is 597. The second-order valence-electron chi connectivity index (χ2n) is 5.75. The number of benzene rings is 2. The maximum atomic E-state index is 13.4. The number of hydrogen-bond donors (Lipinski definition) is 1. The Hall–Kier alpha value is -1.71. The largest absolute Gasteiger partial charge is 0.326 e. The van der Waals surface area contributed by atoms with Gasteiger partial charge in [0.15, 0.2) is 0 Å². The summed E-state index contributed by atoms with van der Waals surface area (Å²) in [4.78, 5) is 2.39. The molecular formula is C18H21FN2. The van der Waals surface area contributed by atoms with Crippen LogP contribution in [-0.4, -0.2) is 18.0 Å². The molecule has 2 N–H and O–H groups in total. The molecule has 0 bridgehead atoms. The fourth-order valence-electron chi connectivity index (χ4n) is 3.16. The first-order valence-corrected chi connectivity index (χ1v) is 7.51. The topological polar surface area (TPSA) is 29.3 Å². The molecule has 0 aliphatic carbocycles. The predicted octanol–water partition coefficient (Wildman–Crippen LogP) is 3.27. The van der Waals surface area contributed by atoms with Crippen molar-refractivity contribution in [2.24, 2.45) is 5.73 Å². The molecule has 0 aromatic heterocycles. The third kappa shape index (κ3) is 3.31. The first-order chi connectivity index (χ1) is 10.3. The number of hydrogen-bond acceptors (Lipinski definition) is 2. The normalized spacial score (nSPS) is 19.0. The maximum absolute atomic E-state index is 13.4. The van der Waals surface area contributed by atoms with Crippen molar-refractivity contribution < 1.29 is 4.39 Å². The highest BCUT2D eigenvalue weighted by Crippen LogP contribution is 2.28. The van der Waals surface area contributed by atoms with Gasteiger partial charge in [0, 0.05) is 19.6 Å². The Morgan fingerprint density at radius 2 is 1.90 bits per heavy atom. The molecule has 1 heterocycles. The highest BCUT2D eigenvalue weighted by molar-refractivity contribution is 5.28. The zero-order chi connectivity index (χ0) is 14.7. The Morgan fingerprint density at radius 1 is 1.10 bits per heavy atom. The average Bonchev–Trinajstić information content (AvgIpc) is 2.97. The first-order valence-electron chi connectivity index (χ1n) is 7.51. The van der Waals surface area contributed by atoms with E-state index in [2.05, 4.69) is 35.2 Å². The number of rotatable bonds is 4. The van der Waals surface area contributed by atoms with E-state index in [4.69, 9.17) is 5.73 Å². The number of nitrogens with zero attached hydrogens (tertiary/aromatic N) is 1. The second kappa shape index (κ2) is 6.37. The van der Waals surface area contributed by atoms with Gasteiger partial charge < -0.3 is 5.73 Å². The molecule has 110 valence electrons. The van der Waals surface area contributed by atoms with Crippen LogP contribution < -0.4 is 5.73 Å². The van der Waals surface area contributed by atoms with E-state index in [0.29, 0.717) is 12.5 Å². The van der Waals surface area contributed by atoms with Crippen molar-refractivity contribution in [1.29, 1.82) is 0 Å². The van der Waals surface area contributed by atoms with Gasteiger partial charge >= 0.3 is 0 Å². The van der Waals surface area contributed by atoms with E-state index in [1.807, 2.05) is 0 Å². The van der Waals surface area contributed by atoms with Gasteiger partial charge in [-0.2, -0.15) is 0 Å². The van der Waals surface area contributed by atoms with Crippen LogP contribution >= 0.6 is 0 Å². The molecule has 2 aromatic rings. The fourth-order valence-corrected chi connectivity index (χ4v) is 3.16. The highest BCUT2D eigenvalue weighted by Gasteiger charge is 2.24. The summed E-state index contributed by atoms with van der Waals surface area (Å²) >= 11 is 0. The van der Waals surface area contributed by atoms with Gasteiger partial charge in [0.25, 0.3) is 0 Å². The van der Waals surface area contributed by atoms with E-state index < -0.39 is 0 Å². The highest BCUT2D eigenvalue weighted by atomic mass is 19.1. The van der Waals surface area contributed by atoms with Crippen LogP contribution in [0.1, 0.15) is 29.0 Å². The summed E-state index contributed by atoms with van der Waals surface area (Å²) < 4.78 is 13.4. The van der Waals surface area contributed by atoms with Gasteiger partial charge in [0.1, 0.15) is 5.82 Å². The van der Waals surface area contributed by atoms with Crippen LogP contribution in [0.15, 0.2) is 48.5 Å². The lowest BCUT2D eigenvalue weighted by Gasteiger charge is -2.18. The summed E-state index contributed by atoms with van der Waals surface area (Å²) in [5, 5.41) is 0. The molecule has 0 radical (unpaired) electrons. The molecule has 2 aromatic carbocycles. The summed E-state index contributed by atoms with van der Waals surface area (Å²) in [6, 6.07) is 15.5. The lowest BCUT2D eigenvalue weighted by atomic mass is 9.99. The molecule has 1 aliphatic heterocycles. The Balaban J connectivity index is 1.69. The number of halogens is 1. The van der Waals surface area contributed by atoms with Crippen molar-refractivity contribution in [2.75, 3.05) is 13.1 Å². The molecule has 1 unspecified atom stereocenters. The van der Waals surface area contributed by atoms with E-state index in [0.717, 1.165) is 37.2 Å². The van der Waals surface area contributed by atoms with Gasteiger partial charge in [-0.15, -0.1) is 0 Å². The molecule has 1 aliphatic rings. The van der Waals surface area contributed by atoms with Crippen LogP contribution in [0.2, 0.25) is 0 Å². The van der Waals surface area contributed by atoms with E-state index >= 15 is 0 Å². The summed E-state index contributed by atoms with van der Waals surface area (Å²) in [5.41, 5.74) is 9.21. The van der Waals surface area contributed by atoms with Crippen molar-refractivity contribution >= 4 is 0 Å². The average molecular weight is 284 g/mol. The summed E-state index contributed by atoms with van der Waals surface area (Å²) in [6.45, 7) is 3.34. The molecule has 1 atom stereocenters. The van der Waals surface area contributed by atoms with Crippen LogP contribution in [0, 0.1) is 5.82 Å². The van der Waals surface area contributed by atoms with E-state index in [-0.39, 0.29) is 5.82 Å². The summed E-state index contributed by atoms with van der Waals surface area (Å²) in [7, 11) is 0. The van der Waals surface area contributed by atoms with Crippen LogP contribution in [0.4, 0.5) is 4.39 Å². The minimum atomic E-state index is -0.180. The van der Waals surface area contributed by atoms with Crippen LogP contribution in [0.3, 0.4) is 0 Å². The zero-order valence-corrected chi connectivity index (χ0v) is 12.1. The van der Waals surface area contributed by atoms with E-state index in [1.165, 1.54) is 11.6 Å². The monoisotopic (exact) mass is 284 g/mol. The molecule has 1 fully saturated rings. The lowest BCUT2D eigenvalue weighted by Crippen LogP contribution is -2.21. The molecule has 3 heteroatoms. The van der Waals surface area contributed by atoms with Crippen molar-refractivity contribution in [3.05, 3.63) is 71.0 Å². The SMILES string of the molecule is NCc1ccc(F)cc1CN1CCC(c2ccccc2)C1. The van der Waals surface area contributed by atoms with Crippen molar-refractivity contribution in [3.8, 4) is 0 Å². The van der Waals surface area contributed by atoms with E-state index in [1.54, 1.807) is 12.1 Å². The first kappa shape index (κ1) is 14.2. The standard InChI is InChI=1S/C18H21FN2/c19-18-7-6-15(11-20)17(10-18)13-21-9-8-16(12-21)14-4-2-1-3-5-14/h1-7,10,16H,8-9,11-13,20H2. The van der Waals surface area contributed by atoms with Gasteiger partial charge in [-0.05, 0) is 47.7 Å². The third-order valence-electron chi connectivity index (χ3n) is 4.33. The minimum absolute atomic E-state index is 0.180. The molecule has 21 heavy (non-hydrogen) atoms. The molecule has 1 saturated heterocycles. The molecular weight excluding hydrogens is 263 g/mol. The van der Waals surface area contributed by atoms with Gasteiger partial charge in [0.05, 0.1) is 0 Å². The summed E-state index contributed by atoms with van der Waals surface area (Å²) in [6.07, 6.45) is 1.16. The predicted molar refractivity (Wildman–Crippen MR) is 83.4 cm³/mol. The number of nitrogens with two attached hydrogens (primary N) is 1. The van der Waals surface area contributed by atoms with Crippen molar-refractivity contribution in [3.63, 3.8) is 0 Å². The smallest absolute Gasteiger partial charge is 0.123 e. The van der Waals surface area contributed by atoms with Gasteiger partial charge in [-0.3, -0.25) is 4.90 Å². The van der Waals surface area contributed by atoms with Gasteiger partial charge in [-0.25, -0.2) is 4.39 Å². The molecule has 0 amide bonds. The third-order valence-corrected chi connectivity index (χ3v) is 4.33.